The van der Waals surface area contributed by atoms with E-state index in [1.165, 1.54) is 11.8 Å². The Morgan fingerprint density at radius 3 is 2.72 bits per heavy atom. The maximum Gasteiger partial charge on any atom is 0.341 e. The van der Waals surface area contributed by atoms with Crippen molar-refractivity contribution in [2.24, 2.45) is 0 Å². The molecule has 2 aromatic heterocycles. The summed E-state index contributed by atoms with van der Waals surface area (Å²) in [5, 5.41) is 13.6. The zero-order chi connectivity index (χ0) is 25.5. The summed E-state index contributed by atoms with van der Waals surface area (Å²) >= 11 is 1.14. The molecule has 0 radical (unpaired) electrons. The van der Waals surface area contributed by atoms with E-state index in [-0.39, 0.29) is 12.4 Å². The van der Waals surface area contributed by atoms with Crippen LogP contribution in [0.1, 0.15) is 30.0 Å². The van der Waals surface area contributed by atoms with Crippen molar-refractivity contribution in [2.75, 3.05) is 20.3 Å². The van der Waals surface area contributed by atoms with Crippen LogP contribution < -0.4 is 18.9 Å². The molecule has 0 aliphatic carbocycles. The Hall–Kier alpha value is -4.19. The molecule has 0 amide bonds. The molecule has 0 bridgehead atoms. The fourth-order valence-electron chi connectivity index (χ4n) is 3.58. The molecule has 36 heavy (non-hydrogen) atoms. The standard InChI is InChI=1S/C24H24N4O7S/c1-3-8-33-23-18(9-15-4-7-19-20(10-15)27-36-26-19)24(35-14-29)28(25-23)12-16-5-6-17(32-2)11-21(16)34-13-22(30)31/h4-7,10-11,14H,3,8-9,12-13H2,1-2H3,(H,30,31). The van der Waals surface area contributed by atoms with Crippen molar-refractivity contribution < 1.29 is 33.6 Å². The summed E-state index contributed by atoms with van der Waals surface area (Å²) in [5.74, 6) is 0.254. The molecule has 0 saturated heterocycles. The molecule has 0 spiro atoms. The van der Waals surface area contributed by atoms with Gasteiger partial charge in [-0.1, -0.05) is 13.0 Å². The van der Waals surface area contributed by atoms with Crippen LogP contribution in [0.4, 0.5) is 0 Å². The summed E-state index contributed by atoms with van der Waals surface area (Å²) in [6.45, 7) is 2.34. The lowest BCUT2D eigenvalue weighted by atomic mass is 10.1. The molecule has 188 valence electrons. The Balaban J connectivity index is 1.73. The van der Waals surface area contributed by atoms with Crippen molar-refractivity contribution in [1.29, 1.82) is 0 Å². The molecule has 0 saturated carbocycles. The van der Waals surface area contributed by atoms with Crippen LogP contribution in [0, 0.1) is 0 Å². The molecule has 11 nitrogen and oxygen atoms in total. The van der Waals surface area contributed by atoms with Crippen molar-refractivity contribution in [1.82, 2.24) is 18.5 Å². The lowest BCUT2D eigenvalue weighted by Crippen LogP contribution is -2.12. The smallest absolute Gasteiger partial charge is 0.341 e. The van der Waals surface area contributed by atoms with E-state index >= 15 is 0 Å². The fraction of sp³-hybridized carbons (Fsp3) is 0.292. The maximum absolute atomic E-state index is 11.4. The summed E-state index contributed by atoms with van der Waals surface area (Å²) in [7, 11) is 1.50. The summed E-state index contributed by atoms with van der Waals surface area (Å²) in [6.07, 6.45) is 1.14. The molecule has 0 atom stereocenters. The summed E-state index contributed by atoms with van der Waals surface area (Å²) in [4.78, 5) is 22.5. The highest BCUT2D eigenvalue weighted by Gasteiger charge is 2.23. The highest BCUT2D eigenvalue weighted by molar-refractivity contribution is 7.00. The van der Waals surface area contributed by atoms with Gasteiger partial charge < -0.3 is 24.1 Å². The number of aromatic nitrogens is 4. The van der Waals surface area contributed by atoms with Gasteiger partial charge in [-0.3, -0.25) is 4.79 Å². The van der Waals surface area contributed by atoms with Crippen LogP contribution in [0.25, 0.3) is 11.0 Å². The van der Waals surface area contributed by atoms with E-state index in [2.05, 4.69) is 13.8 Å². The first-order valence-corrected chi connectivity index (χ1v) is 11.8. The lowest BCUT2D eigenvalue weighted by Gasteiger charge is -2.13. The lowest BCUT2D eigenvalue weighted by molar-refractivity contribution is -0.139. The molecule has 2 aromatic carbocycles. The Kier molecular flexibility index (Phi) is 7.95. The number of fused-ring (bicyclic) bond motifs is 1. The minimum Gasteiger partial charge on any atom is -0.497 e. The van der Waals surface area contributed by atoms with Gasteiger partial charge in [0.1, 0.15) is 22.5 Å². The number of carboxylic acids is 1. The Labute approximate surface area is 210 Å². The number of rotatable bonds is 13. The first-order chi connectivity index (χ1) is 17.5. The topological polar surface area (TPSA) is 135 Å². The van der Waals surface area contributed by atoms with Gasteiger partial charge in [0.25, 0.3) is 6.47 Å². The average molecular weight is 513 g/mol. The van der Waals surface area contributed by atoms with Gasteiger partial charge in [-0.25, -0.2) is 9.48 Å². The van der Waals surface area contributed by atoms with Gasteiger partial charge in [0, 0.05) is 18.1 Å². The van der Waals surface area contributed by atoms with Crippen LogP contribution >= 0.6 is 11.7 Å². The zero-order valence-corrected chi connectivity index (χ0v) is 20.5. The number of hydrogen-bond donors (Lipinski definition) is 1. The maximum atomic E-state index is 11.4. The number of nitrogens with zero attached hydrogens (tertiary/aromatic N) is 4. The third-order valence-corrected chi connectivity index (χ3v) is 5.77. The molecular formula is C24H24N4O7S. The fourth-order valence-corrected chi connectivity index (χ4v) is 4.10. The van der Waals surface area contributed by atoms with E-state index in [1.54, 1.807) is 18.2 Å². The number of hydrogen-bond acceptors (Lipinski definition) is 10. The number of benzene rings is 2. The van der Waals surface area contributed by atoms with Gasteiger partial charge in [-0.05, 0) is 36.2 Å². The monoisotopic (exact) mass is 512 g/mol. The normalized spacial score (nSPS) is 10.8. The quantitative estimate of drug-likeness (QED) is 0.266. The summed E-state index contributed by atoms with van der Waals surface area (Å²) in [6, 6.07) is 10.8. The van der Waals surface area contributed by atoms with E-state index in [0.29, 0.717) is 48.0 Å². The van der Waals surface area contributed by atoms with E-state index in [1.807, 2.05) is 25.1 Å². The van der Waals surface area contributed by atoms with E-state index < -0.39 is 12.6 Å². The Morgan fingerprint density at radius 1 is 1.14 bits per heavy atom. The van der Waals surface area contributed by atoms with E-state index in [0.717, 1.165) is 34.7 Å². The molecule has 1 N–H and O–H groups in total. The number of ether oxygens (including phenoxy) is 4. The number of methoxy groups -OCH3 is 1. The van der Waals surface area contributed by atoms with Crippen LogP contribution in [-0.2, 0) is 22.6 Å². The van der Waals surface area contributed by atoms with Crippen molar-refractivity contribution in [2.45, 2.75) is 26.3 Å². The molecule has 4 rings (SSSR count). The largest absolute Gasteiger partial charge is 0.497 e. The first-order valence-electron chi connectivity index (χ1n) is 11.1. The van der Waals surface area contributed by atoms with Gasteiger partial charge >= 0.3 is 5.97 Å². The predicted octanol–water partition coefficient (Wildman–Crippen LogP) is 3.32. The van der Waals surface area contributed by atoms with Crippen LogP contribution in [0.5, 0.6) is 23.3 Å². The highest BCUT2D eigenvalue weighted by atomic mass is 32.1. The Morgan fingerprint density at radius 2 is 1.97 bits per heavy atom. The van der Waals surface area contributed by atoms with Crippen molar-refractivity contribution >= 4 is 35.2 Å². The molecule has 0 fully saturated rings. The predicted molar refractivity (Wildman–Crippen MR) is 130 cm³/mol. The minimum absolute atomic E-state index is 0.125. The van der Waals surface area contributed by atoms with Crippen molar-refractivity contribution in [3.05, 3.63) is 53.1 Å². The Bertz CT molecular complexity index is 1370. The van der Waals surface area contributed by atoms with Gasteiger partial charge in [0.2, 0.25) is 11.8 Å². The molecule has 12 heteroatoms. The van der Waals surface area contributed by atoms with Gasteiger partial charge in [0.15, 0.2) is 6.61 Å². The second-order valence-electron chi connectivity index (χ2n) is 7.73. The zero-order valence-electron chi connectivity index (χ0n) is 19.7. The number of carbonyl (C=O) groups excluding carboxylic acids is 1. The second-order valence-corrected chi connectivity index (χ2v) is 8.26. The third-order valence-electron chi connectivity index (χ3n) is 5.21. The molecular weight excluding hydrogens is 488 g/mol. The van der Waals surface area contributed by atoms with Gasteiger partial charge in [-0.2, -0.15) is 8.75 Å². The molecule has 0 aliphatic heterocycles. The molecule has 0 unspecified atom stereocenters. The molecule has 2 heterocycles. The minimum atomic E-state index is -1.11. The summed E-state index contributed by atoms with van der Waals surface area (Å²) < 4.78 is 32.0. The average Bonchev–Trinajstić information content (AvgIpc) is 3.47. The van der Waals surface area contributed by atoms with Crippen LogP contribution in [0.15, 0.2) is 36.4 Å². The third kappa shape index (κ3) is 5.71. The SMILES string of the molecule is CCCOc1nn(Cc2ccc(OC)cc2OCC(=O)O)c(OC=O)c1Cc1ccc2nsnc2c1. The number of aliphatic carboxylic acids is 1. The van der Waals surface area contributed by atoms with Crippen molar-refractivity contribution in [3.8, 4) is 23.3 Å². The molecule has 0 aliphatic rings. The van der Waals surface area contributed by atoms with Gasteiger partial charge in [0.05, 0.1) is 37.6 Å². The second kappa shape index (κ2) is 11.5. The number of carbonyl (C=O) groups is 2. The highest BCUT2D eigenvalue weighted by Crippen LogP contribution is 2.34. The van der Waals surface area contributed by atoms with Crippen LogP contribution in [0.2, 0.25) is 0 Å². The van der Waals surface area contributed by atoms with Gasteiger partial charge in [-0.15, -0.1) is 5.10 Å². The van der Waals surface area contributed by atoms with Crippen LogP contribution in [0.3, 0.4) is 0 Å². The van der Waals surface area contributed by atoms with Crippen molar-refractivity contribution in [3.63, 3.8) is 0 Å². The van der Waals surface area contributed by atoms with E-state index in [4.69, 9.17) is 24.1 Å². The number of carboxylic acid groups (broad SMARTS) is 1. The summed E-state index contributed by atoms with van der Waals surface area (Å²) in [5.41, 5.74) is 3.71. The molecule has 4 aromatic rings. The van der Waals surface area contributed by atoms with E-state index in [9.17, 15) is 9.59 Å². The first kappa shape index (κ1) is 24.9. The van der Waals surface area contributed by atoms with Crippen LogP contribution in [-0.4, -0.2) is 56.4 Å².